The van der Waals surface area contributed by atoms with Gasteiger partial charge in [-0.3, -0.25) is 0 Å². The summed E-state index contributed by atoms with van der Waals surface area (Å²) in [6.45, 7) is 2.60. The largest absolute Gasteiger partial charge is 0.493 e. The Bertz CT molecular complexity index is 737. The second-order valence-corrected chi connectivity index (χ2v) is 5.84. The van der Waals surface area contributed by atoms with E-state index in [1.807, 2.05) is 6.07 Å². The van der Waals surface area contributed by atoms with Gasteiger partial charge in [-0.05, 0) is 29.8 Å². The van der Waals surface area contributed by atoms with Crippen LogP contribution in [0.15, 0.2) is 28.7 Å². The van der Waals surface area contributed by atoms with Gasteiger partial charge in [0.1, 0.15) is 13.1 Å². The summed E-state index contributed by atoms with van der Waals surface area (Å²) in [4.78, 5) is 12.8. The van der Waals surface area contributed by atoms with Crippen LogP contribution < -0.4 is 14.4 Å². The highest BCUT2D eigenvalue weighted by Crippen LogP contribution is 2.31. The summed E-state index contributed by atoms with van der Waals surface area (Å²) in [6, 6.07) is 7.61. The van der Waals surface area contributed by atoms with Crippen molar-refractivity contribution < 1.29 is 28.3 Å². The van der Waals surface area contributed by atoms with Gasteiger partial charge in [-0.15, -0.1) is 0 Å². The van der Waals surface area contributed by atoms with E-state index in [1.54, 1.807) is 20.3 Å². The molecule has 0 fully saturated rings. The minimum absolute atomic E-state index is 0.246. The van der Waals surface area contributed by atoms with Crippen molar-refractivity contribution in [3.63, 3.8) is 0 Å². The molecule has 0 saturated carbocycles. The predicted molar refractivity (Wildman–Crippen MR) is 86.5 cm³/mol. The molecule has 0 bridgehead atoms. The fourth-order valence-corrected chi connectivity index (χ4v) is 3.11. The molecule has 0 spiro atoms. The fourth-order valence-electron chi connectivity index (χ4n) is 3.11. The van der Waals surface area contributed by atoms with E-state index < -0.39 is 5.97 Å². The van der Waals surface area contributed by atoms with E-state index in [2.05, 4.69) is 16.9 Å². The van der Waals surface area contributed by atoms with Crippen molar-refractivity contribution in [3.05, 3.63) is 46.9 Å². The molecule has 1 aromatic carbocycles. The first kappa shape index (κ1) is 16.4. The first-order chi connectivity index (χ1) is 11.6. The first-order valence-corrected chi connectivity index (χ1v) is 7.89. The van der Waals surface area contributed by atoms with Crippen LogP contribution in [0.4, 0.5) is 0 Å². The molecular weight excluding hydrogens is 310 g/mol. The van der Waals surface area contributed by atoms with Crippen LogP contribution >= 0.6 is 0 Å². The summed E-state index contributed by atoms with van der Waals surface area (Å²) in [7, 11) is 4.65. The lowest BCUT2D eigenvalue weighted by molar-refractivity contribution is -0.930. The third-order valence-electron chi connectivity index (χ3n) is 4.37. The molecule has 1 aliphatic heterocycles. The summed E-state index contributed by atoms with van der Waals surface area (Å²) in [5.74, 6) is 2.11. The SMILES string of the molecule is COC(=O)c1ccc(C[NH+]2CCc3cc(OC)c(OC)cc3C2)o1. The van der Waals surface area contributed by atoms with Gasteiger partial charge in [-0.2, -0.15) is 0 Å². The molecule has 6 heteroatoms. The van der Waals surface area contributed by atoms with E-state index in [0.717, 1.165) is 43.3 Å². The average Bonchev–Trinajstić information content (AvgIpc) is 3.08. The smallest absolute Gasteiger partial charge is 0.373 e. The average molecular weight is 332 g/mol. The Morgan fingerprint density at radius 3 is 2.50 bits per heavy atom. The molecule has 24 heavy (non-hydrogen) atoms. The Kier molecular flexibility index (Phi) is 4.76. The molecule has 6 nitrogen and oxygen atoms in total. The third-order valence-corrected chi connectivity index (χ3v) is 4.37. The third kappa shape index (κ3) is 3.23. The summed E-state index contributed by atoms with van der Waals surface area (Å²) < 4.78 is 21.0. The minimum atomic E-state index is -0.447. The normalized spacial score (nSPS) is 16.4. The zero-order chi connectivity index (χ0) is 17.1. The maximum absolute atomic E-state index is 11.5. The van der Waals surface area contributed by atoms with Gasteiger partial charge >= 0.3 is 5.97 Å². The summed E-state index contributed by atoms with van der Waals surface area (Å²) in [5.41, 5.74) is 2.56. The lowest BCUT2D eigenvalue weighted by Gasteiger charge is -2.26. The van der Waals surface area contributed by atoms with Crippen molar-refractivity contribution in [1.82, 2.24) is 0 Å². The first-order valence-electron chi connectivity index (χ1n) is 7.89. The van der Waals surface area contributed by atoms with E-state index in [1.165, 1.54) is 23.1 Å². The quantitative estimate of drug-likeness (QED) is 0.835. The summed E-state index contributed by atoms with van der Waals surface area (Å²) >= 11 is 0. The molecule has 2 heterocycles. The molecule has 0 aliphatic carbocycles. The molecule has 0 saturated heterocycles. The Morgan fingerprint density at radius 1 is 1.12 bits per heavy atom. The Balaban J connectivity index is 1.73. The van der Waals surface area contributed by atoms with Crippen LogP contribution in [0.2, 0.25) is 0 Å². The van der Waals surface area contributed by atoms with Crippen LogP contribution in [0.1, 0.15) is 27.4 Å². The highest BCUT2D eigenvalue weighted by molar-refractivity contribution is 5.86. The van der Waals surface area contributed by atoms with E-state index in [0.29, 0.717) is 0 Å². The van der Waals surface area contributed by atoms with E-state index in [9.17, 15) is 4.79 Å². The van der Waals surface area contributed by atoms with Crippen LogP contribution in [0.3, 0.4) is 0 Å². The number of ether oxygens (including phenoxy) is 3. The van der Waals surface area contributed by atoms with Gasteiger partial charge in [0, 0.05) is 12.0 Å². The van der Waals surface area contributed by atoms with Crippen LogP contribution in [0, 0.1) is 0 Å². The molecule has 0 amide bonds. The molecule has 1 atom stereocenters. The van der Waals surface area contributed by atoms with Gasteiger partial charge in [-0.25, -0.2) is 4.79 Å². The second kappa shape index (κ2) is 6.97. The Labute approximate surface area is 140 Å². The highest BCUT2D eigenvalue weighted by Gasteiger charge is 2.23. The number of carbonyl (C=O) groups excluding carboxylic acids is 1. The van der Waals surface area contributed by atoms with Crippen LogP contribution in [-0.4, -0.2) is 33.8 Å². The predicted octanol–water partition coefficient (Wildman–Crippen LogP) is 1.22. The van der Waals surface area contributed by atoms with Gasteiger partial charge in [0.2, 0.25) is 5.76 Å². The van der Waals surface area contributed by atoms with E-state index in [4.69, 9.17) is 13.9 Å². The lowest BCUT2D eigenvalue weighted by Crippen LogP contribution is -3.10. The molecule has 128 valence electrons. The number of hydrogen-bond donors (Lipinski definition) is 1. The number of esters is 1. The zero-order valence-corrected chi connectivity index (χ0v) is 14.2. The number of methoxy groups -OCH3 is 3. The van der Waals surface area contributed by atoms with Crippen LogP contribution in [0.5, 0.6) is 11.5 Å². The molecule has 1 aromatic heterocycles. The number of fused-ring (bicyclic) bond motifs is 1. The zero-order valence-electron chi connectivity index (χ0n) is 14.2. The topological polar surface area (TPSA) is 62.3 Å². The monoisotopic (exact) mass is 332 g/mol. The van der Waals surface area contributed by atoms with Gasteiger partial charge in [0.25, 0.3) is 0 Å². The van der Waals surface area contributed by atoms with Crippen molar-refractivity contribution in [1.29, 1.82) is 0 Å². The van der Waals surface area contributed by atoms with Crippen molar-refractivity contribution in [2.75, 3.05) is 27.9 Å². The fraction of sp³-hybridized carbons (Fsp3) is 0.389. The summed E-state index contributed by atoms with van der Waals surface area (Å²) in [6.07, 6.45) is 0.968. The van der Waals surface area contributed by atoms with Crippen molar-refractivity contribution in [2.45, 2.75) is 19.5 Å². The maximum Gasteiger partial charge on any atom is 0.373 e. The molecule has 1 unspecified atom stereocenters. The van der Waals surface area contributed by atoms with Gasteiger partial charge < -0.3 is 23.5 Å². The molecule has 1 aliphatic rings. The molecule has 2 aromatic rings. The maximum atomic E-state index is 11.5. The number of carbonyl (C=O) groups is 1. The lowest BCUT2D eigenvalue weighted by atomic mass is 9.98. The van der Waals surface area contributed by atoms with Crippen molar-refractivity contribution in [3.8, 4) is 11.5 Å². The number of quaternary nitrogens is 1. The van der Waals surface area contributed by atoms with Gasteiger partial charge in [0.05, 0.1) is 27.9 Å². The standard InChI is InChI=1S/C18H21NO5/c1-21-16-8-12-6-7-19(10-13(12)9-17(16)22-2)11-14-4-5-15(24-14)18(20)23-3/h4-5,8-9H,6-7,10-11H2,1-3H3/p+1. The summed E-state index contributed by atoms with van der Waals surface area (Å²) in [5, 5.41) is 0. The van der Waals surface area contributed by atoms with Gasteiger partial charge in [-0.1, -0.05) is 0 Å². The minimum Gasteiger partial charge on any atom is -0.493 e. The number of furan rings is 1. The Hall–Kier alpha value is -2.47. The van der Waals surface area contributed by atoms with Crippen LogP contribution in [0.25, 0.3) is 0 Å². The van der Waals surface area contributed by atoms with Crippen molar-refractivity contribution in [2.24, 2.45) is 0 Å². The highest BCUT2D eigenvalue weighted by atomic mass is 16.5. The molecule has 0 radical (unpaired) electrons. The Morgan fingerprint density at radius 2 is 1.83 bits per heavy atom. The van der Waals surface area contributed by atoms with Gasteiger partial charge in [0.15, 0.2) is 17.3 Å². The van der Waals surface area contributed by atoms with E-state index >= 15 is 0 Å². The second-order valence-electron chi connectivity index (χ2n) is 5.84. The van der Waals surface area contributed by atoms with Crippen LogP contribution in [-0.2, 0) is 24.2 Å². The van der Waals surface area contributed by atoms with E-state index in [-0.39, 0.29) is 5.76 Å². The number of nitrogens with one attached hydrogen (secondary N) is 1. The molecular formula is C18H22NO5+. The number of rotatable bonds is 5. The molecule has 3 rings (SSSR count). The molecule has 1 N–H and O–H groups in total. The number of hydrogen-bond acceptors (Lipinski definition) is 5. The number of benzene rings is 1. The van der Waals surface area contributed by atoms with Crippen molar-refractivity contribution >= 4 is 5.97 Å².